The van der Waals surface area contributed by atoms with Gasteiger partial charge in [-0.2, -0.15) is 13.9 Å². The molecule has 0 aliphatic rings. The van der Waals surface area contributed by atoms with Crippen LogP contribution < -0.4 is 14.8 Å². The topological polar surface area (TPSA) is 65.4 Å². The van der Waals surface area contributed by atoms with Gasteiger partial charge >= 0.3 is 6.61 Å². The quantitative estimate of drug-likeness (QED) is 0.623. The summed E-state index contributed by atoms with van der Waals surface area (Å²) < 4.78 is 36.9. The molecule has 1 amide bonds. The molecule has 0 saturated heterocycles. The van der Waals surface area contributed by atoms with Gasteiger partial charge in [0.05, 0.1) is 5.69 Å². The van der Waals surface area contributed by atoms with Gasteiger partial charge in [-0.1, -0.05) is 12.1 Å². The Bertz CT molecular complexity index is 998. The van der Waals surface area contributed by atoms with E-state index in [0.29, 0.717) is 5.75 Å². The van der Waals surface area contributed by atoms with Crippen LogP contribution in [0.1, 0.15) is 27.2 Å². The van der Waals surface area contributed by atoms with Gasteiger partial charge in [0.15, 0.2) is 12.4 Å². The normalized spacial score (nSPS) is 10.8. The van der Waals surface area contributed by atoms with E-state index in [1.807, 2.05) is 32.0 Å². The highest BCUT2D eigenvalue weighted by Crippen LogP contribution is 2.27. The molecule has 1 aromatic heterocycles. The fourth-order valence-corrected chi connectivity index (χ4v) is 2.82. The Hall–Kier alpha value is -3.42. The fraction of sp³-hybridized carbons (Fsp3) is 0.238. The smallest absolute Gasteiger partial charge is 0.387 e. The summed E-state index contributed by atoms with van der Waals surface area (Å²) in [7, 11) is 0. The van der Waals surface area contributed by atoms with Crippen molar-refractivity contribution in [3.8, 4) is 11.5 Å². The van der Waals surface area contributed by atoms with Crippen molar-refractivity contribution in [2.75, 3.05) is 5.32 Å². The van der Waals surface area contributed by atoms with Crippen LogP contribution in [0, 0.1) is 20.8 Å². The third-order valence-electron chi connectivity index (χ3n) is 4.03. The first-order valence-electron chi connectivity index (χ1n) is 8.91. The number of hydrogen-bond donors (Lipinski definition) is 1. The van der Waals surface area contributed by atoms with Crippen molar-refractivity contribution in [1.82, 2.24) is 9.78 Å². The molecule has 1 heterocycles. The van der Waals surface area contributed by atoms with Gasteiger partial charge in [0.25, 0.3) is 5.91 Å². The number of nitrogens with one attached hydrogen (secondary N) is 1. The second-order valence-corrected chi connectivity index (χ2v) is 6.67. The molecule has 152 valence electrons. The Morgan fingerprint density at radius 1 is 1.07 bits per heavy atom. The van der Waals surface area contributed by atoms with Gasteiger partial charge in [-0.3, -0.25) is 4.79 Å². The van der Waals surface area contributed by atoms with E-state index < -0.39 is 12.5 Å². The fourth-order valence-electron chi connectivity index (χ4n) is 2.82. The number of aryl methyl sites for hydroxylation is 3. The SMILES string of the molecule is Cc1cc(C)cc(OCn2ccc(C(=O)Nc3ccc(C)cc3OC(F)F)n2)c1. The molecule has 1 N–H and O–H groups in total. The second-order valence-electron chi connectivity index (χ2n) is 6.67. The minimum atomic E-state index is -2.99. The summed E-state index contributed by atoms with van der Waals surface area (Å²) in [6.45, 7) is 2.83. The molecule has 0 unspecified atom stereocenters. The summed E-state index contributed by atoms with van der Waals surface area (Å²) in [4.78, 5) is 12.4. The third-order valence-corrected chi connectivity index (χ3v) is 4.03. The van der Waals surface area contributed by atoms with Crippen LogP contribution in [-0.4, -0.2) is 22.3 Å². The molecule has 0 aliphatic carbocycles. The number of alkyl halides is 2. The van der Waals surface area contributed by atoms with Gasteiger partial charge in [-0.25, -0.2) is 4.68 Å². The largest absolute Gasteiger partial charge is 0.471 e. The molecule has 29 heavy (non-hydrogen) atoms. The van der Waals surface area contributed by atoms with E-state index in [9.17, 15) is 13.6 Å². The molecule has 8 heteroatoms. The number of aromatic nitrogens is 2. The molecule has 0 atom stereocenters. The minimum absolute atomic E-state index is 0.106. The Balaban J connectivity index is 1.66. The highest BCUT2D eigenvalue weighted by Gasteiger charge is 2.15. The predicted octanol–water partition coefficient (Wildman–Crippen LogP) is 4.70. The van der Waals surface area contributed by atoms with Gasteiger partial charge < -0.3 is 14.8 Å². The number of halogens is 2. The lowest BCUT2D eigenvalue weighted by molar-refractivity contribution is -0.0494. The molecule has 0 bridgehead atoms. The van der Waals surface area contributed by atoms with Gasteiger partial charge in [0.1, 0.15) is 11.5 Å². The van der Waals surface area contributed by atoms with E-state index >= 15 is 0 Å². The minimum Gasteiger partial charge on any atom is -0.471 e. The number of amides is 1. The predicted molar refractivity (Wildman–Crippen MR) is 105 cm³/mol. The van der Waals surface area contributed by atoms with Gasteiger partial charge in [-0.05, 0) is 67.8 Å². The highest BCUT2D eigenvalue weighted by molar-refractivity contribution is 6.03. The van der Waals surface area contributed by atoms with Crippen molar-refractivity contribution in [1.29, 1.82) is 0 Å². The molecular weight excluding hydrogens is 380 g/mol. The van der Waals surface area contributed by atoms with Gasteiger partial charge in [-0.15, -0.1) is 0 Å². The molecule has 2 aromatic carbocycles. The highest BCUT2D eigenvalue weighted by atomic mass is 19.3. The molecular formula is C21H21F2N3O3. The number of rotatable bonds is 7. The number of nitrogens with zero attached hydrogens (tertiary/aromatic N) is 2. The molecule has 0 saturated carbocycles. The maximum absolute atomic E-state index is 12.6. The second kappa shape index (κ2) is 8.72. The number of carbonyl (C=O) groups excluding carboxylic acids is 1. The zero-order valence-corrected chi connectivity index (χ0v) is 16.3. The van der Waals surface area contributed by atoms with E-state index in [0.717, 1.165) is 16.7 Å². The zero-order chi connectivity index (χ0) is 21.0. The first-order chi connectivity index (χ1) is 13.8. The maximum atomic E-state index is 12.6. The van der Waals surface area contributed by atoms with Gasteiger partial charge in [0, 0.05) is 6.20 Å². The standard InChI is InChI=1S/C21H21F2N3O3/c1-13-4-5-17(19(11-13)29-21(22)23)24-20(27)18-6-7-26(25-18)12-28-16-9-14(2)8-15(3)10-16/h4-11,21H,12H2,1-3H3,(H,24,27). The molecule has 0 aliphatic heterocycles. The van der Waals surface area contributed by atoms with Crippen molar-refractivity contribution >= 4 is 11.6 Å². The molecule has 0 radical (unpaired) electrons. The number of hydrogen-bond acceptors (Lipinski definition) is 4. The lowest BCUT2D eigenvalue weighted by Crippen LogP contribution is -2.15. The molecule has 6 nitrogen and oxygen atoms in total. The van der Waals surface area contributed by atoms with E-state index in [-0.39, 0.29) is 23.9 Å². The van der Waals surface area contributed by atoms with Crippen LogP contribution >= 0.6 is 0 Å². The summed E-state index contributed by atoms with van der Waals surface area (Å²) in [5, 5.41) is 6.71. The van der Waals surface area contributed by atoms with Crippen LogP contribution in [0.3, 0.4) is 0 Å². The van der Waals surface area contributed by atoms with Crippen molar-refractivity contribution in [3.05, 3.63) is 71.0 Å². The Labute approximate surface area is 167 Å². The number of carbonyl (C=O) groups is 1. The maximum Gasteiger partial charge on any atom is 0.387 e. The molecule has 0 fully saturated rings. The summed E-state index contributed by atoms with van der Waals surface area (Å²) in [6, 6.07) is 12.0. The number of anilines is 1. The van der Waals surface area contributed by atoms with Crippen LogP contribution in [0.15, 0.2) is 48.7 Å². The summed E-state index contributed by atoms with van der Waals surface area (Å²) in [5.74, 6) is 0.0569. The van der Waals surface area contributed by atoms with Crippen molar-refractivity contribution in [2.45, 2.75) is 34.1 Å². The Morgan fingerprint density at radius 2 is 1.79 bits per heavy atom. The molecule has 0 spiro atoms. The summed E-state index contributed by atoms with van der Waals surface area (Å²) in [6.07, 6.45) is 1.60. The van der Waals surface area contributed by atoms with Crippen molar-refractivity contribution in [3.63, 3.8) is 0 Å². The molecule has 3 rings (SSSR count). The zero-order valence-electron chi connectivity index (χ0n) is 16.3. The van der Waals surface area contributed by atoms with E-state index in [2.05, 4.69) is 15.2 Å². The first kappa shape index (κ1) is 20.3. The van der Waals surface area contributed by atoms with Crippen LogP contribution in [-0.2, 0) is 6.73 Å². The lowest BCUT2D eigenvalue weighted by Gasteiger charge is -2.12. The average molecular weight is 401 g/mol. The van der Waals surface area contributed by atoms with Crippen LogP contribution in [0.25, 0.3) is 0 Å². The van der Waals surface area contributed by atoms with Crippen LogP contribution in [0.2, 0.25) is 0 Å². The van der Waals surface area contributed by atoms with Crippen molar-refractivity contribution in [2.24, 2.45) is 0 Å². The summed E-state index contributed by atoms with van der Waals surface area (Å²) in [5.41, 5.74) is 3.16. The van der Waals surface area contributed by atoms with Crippen LogP contribution in [0.4, 0.5) is 14.5 Å². The Morgan fingerprint density at radius 3 is 2.48 bits per heavy atom. The number of benzene rings is 2. The first-order valence-corrected chi connectivity index (χ1v) is 8.91. The average Bonchev–Trinajstić information content (AvgIpc) is 3.10. The van der Waals surface area contributed by atoms with E-state index in [1.54, 1.807) is 19.2 Å². The van der Waals surface area contributed by atoms with E-state index in [4.69, 9.17) is 4.74 Å². The third kappa shape index (κ3) is 5.54. The number of ether oxygens (including phenoxy) is 2. The Kier molecular flexibility index (Phi) is 6.11. The summed E-state index contributed by atoms with van der Waals surface area (Å²) >= 11 is 0. The lowest BCUT2D eigenvalue weighted by atomic mass is 10.1. The van der Waals surface area contributed by atoms with Crippen LogP contribution in [0.5, 0.6) is 11.5 Å². The van der Waals surface area contributed by atoms with Gasteiger partial charge in [0.2, 0.25) is 0 Å². The monoisotopic (exact) mass is 401 g/mol. The van der Waals surface area contributed by atoms with Crippen molar-refractivity contribution < 1.29 is 23.0 Å². The molecule has 3 aromatic rings. The van der Waals surface area contributed by atoms with E-state index in [1.165, 1.54) is 22.9 Å².